The van der Waals surface area contributed by atoms with E-state index in [1.54, 1.807) is 6.34 Å². The van der Waals surface area contributed by atoms with E-state index in [1.165, 1.54) is 0 Å². The monoisotopic (exact) mass is 406 g/mol. The van der Waals surface area contributed by atoms with Gasteiger partial charge >= 0.3 is 0 Å². The van der Waals surface area contributed by atoms with Crippen LogP contribution in [0.15, 0.2) is 82.8 Å². The van der Waals surface area contributed by atoms with Gasteiger partial charge in [0.15, 0.2) is 0 Å². The lowest BCUT2D eigenvalue weighted by atomic mass is 9.95. The van der Waals surface area contributed by atoms with Gasteiger partial charge in [0.25, 0.3) is 5.91 Å². The summed E-state index contributed by atoms with van der Waals surface area (Å²) in [6.45, 7) is 3.96. The first kappa shape index (κ1) is 19.1. The highest BCUT2D eigenvalue weighted by atomic mass is 16.1. The van der Waals surface area contributed by atoms with Gasteiger partial charge in [0.05, 0.1) is 23.0 Å². The summed E-state index contributed by atoms with van der Waals surface area (Å²) in [6.07, 6.45) is 7.71. The van der Waals surface area contributed by atoms with Crippen LogP contribution in [-0.2, 0) is 0 Å². The van der Waals surface area contributed by atoms with Gasteiger partial charge in [-0.15, -0.1) is 0 Å². The number of carbonyl (C=O) groups excluding carboxylic acids is 1. The number of para-hydroxylation sites is 1. The predicted molar refractivity (Wildman–Crippen MR) is 126 cm³/mol. The molecule has 2 heterocycles. The SMILES string of the molecule is Cc1ccccc1C(=O)NC(C)c1cc(C2=CC3N=CN=C3C=C2)nc2ccccc12. The van der Waals surface area contributed by atoms with Crippen molar-refractivity contribution in [3.63, 3.8) is 0 Å². The molecule has 2 unspecified atom stereocenters. The molecule has 5 heteroatoms. The quantitative estimate of drug-likeness (QED) is 0.674. The van der Waals surface area contributed by atoms with Crippen LogP contribution in [0.5, 0.6) is 0 Å². The van der Waals surface area contributed by atoms with Crippen molar-refractivity contribution in [2.24, 2.45) is 9.98 Å². The molecular weight excluding hydrogens is 384 g/mol. The largest absolute Gasteiger partial charge is 0.345 e. The van der Waals surface area contributed by atoms with Gasteiger partial charge in [0, 0.05) is 10.9 Å². The van der Waals surface area contributed by atoms with Crippen molar-refractivity contribution in [1.29, 1.82) is 0 Å². The van der Waals surface area contributed by atoms with Crippen LogP contribution in [0.4, 0.5) is 0 Å². The molecule has 5 rings (SSSR count). The molecule has 152 valence electrons. The third-order valence-corrected chi connectivity index (χ3v) is 5.76. The second-order valence-electron chi connectivity index (χ2n) is 7.84. The molecule has 3 aromatic rings. The second kappa shape index (κ2) is 7.76. The summed E-state index contributed by atoms with van der Waals surface area (Å²) in [4.78, 5) is 26.5. The van der Waals surface area contributed by atoms with Gasteiger partial charge in [-0.3, -0.25) is 9.79 Å². The van der Waals surface area contributed by atoms with Gasteiger partial charge in [0.2, 0.25) is 0 Å². The number of nitrogens with one attached hydrogen (secondary N) is 1. The Hall–Kier alpha value is -3.86. The molecule has 0 saturated carbocycles. The lowest BCUT2D eigenvalue weighted by Gasteiger charge is -2.19. The lowest BCUT2D eigenvalue weighted by molar-refractivity contribution is 0.0939. The Morgan fingerprint density at radius 3 is 2.74 bits per heavy atom. The van der Waals surface area contributed by atoms with Crippen LogP contribution < -0.4 is 5.32 Å². The van der Waals surface area contributed by atoms with Gasteiger partial charge in [-0.25, -0.2) is 9.98 Å². The number of allylic oxidation sites excluding steroid dienone is 2. The van der Waals surface area contributed by atoms with Crippen molar-refractivity contribution < 1.29 is 4.79 Å². The molecule has 0 fully saturated rings. The lowest BCUT2D eigenvalue weighted by Crippen LogP contribution is -2.27. The first-order valence-electron chi connectivity index (χ1n) is 10.4. The minimum Gasteiger partial charge on any atom is -0.345 e. The molecule has 0 spiro atoms. The number of rotatable bonds is 4. The van der Waals surface area contributed by atoms with E-state index in [4.69, 9.17) is 4.98 Å². The standard InChI is InChI=1S/C26H22N4O/c1-16-7-3-4-8-19(16)26(31)29-17(2)21-14-24(30-22-10-6-5-9-20(21)22)18-11-12-23-25(13-18)28-15-27-23/h3-15,17,25H,1-2H3,(H,29,31). The first-order valence-corrected chi connectivity index (χ1v) is 10.4. The van der Waals surface area contributed by atoms with E-state index in [0.29, 0.717) is 5.56 Å². The normalized spacial score (nSPS) is 17.8. The Labute approximate surface area is 181 Å². The summed E-state index contributed by atoms with van der Waals surface area (Å²) in [5.41, 5.74) is 6.40. The molecule has 1 N–H and O–H groups in total. The summed E-state index contributed by atoms with van der Waals surface area (Å²) in [5.74, 6) is -0.0778. The predicted octanol–water partition coefficient (Wildman–Crippen LogP) is 4.84. The average molecular weight is 406 g/mol. The fraction of sp³-hybridized carbons (Fsp3) is 0.154. The number of benzene rings is 2. The van der Waals surface area contributed by atoms with Gasteiger partial charge in [-0.05, 0) is 60.9 Å². The molecule has 0 bridgehead atoms. The number of hydrogen-bond acceptors (Lipinski definition) is 4. The van der Waals surface area contributed by atoms with Gasteiger partial charge in [0.1, 0.15) is 12.4 Å². The average Bonchev–Trinajstić information content (AvgIpc) is 3.26. The van der Waals surface area contributed by atoms with Crippen molar-refractivity contribution in [2.45, 2.75) is 25.9 Å². The molecular formula is C26H22N4O. The van der Waals surface area contributed by atoms with E-state index in [0.717, 1.165) is 39.0 Å². The van der Waals surface area contributed by atoms with Crippen LogP contribution in [0.3, 0.4) is 0 Å². The molecule has 0 radical (unpaired) electrons. The Morgan fingerprint density at radius 2 is 1.87 bits per heavy atom. The zero-order valence-electron chi connectivity index (χ0n) is 17.4. The number of aryl methyl sites for hydroxylation is 1. The number of pyridine rings is 1. The Balaban J connectivity index is 1.53. The highest BCUT2D eigenvalue weighted by Gasteiger charge is 2.21. The molecule has 2 aromatic carbocycles. The minimum absolute atomic E-state index is 0.0464. The number of aliphatic imine (C=N–C) groups is 2. The van der Waals surface area contributed by atoms with E-state index < -0.39 is 0 Å². The Bertz CT molecular complexity index is 1320. The van der Waals surface area contributed by atoms with Gasteiger partial charge in [-0.1, -0.05) is 42.5 Å². The molecule has 0 saturated heterocycles. The van der Waals surface area contributed by atoms with Gasteiger partial charge < -0.3 is 5.32 Å². The number of nitrogens with zero attached hydrogens (tertiary/aromatic N) is 3. The molecule has 5 nitrogen and oxygen atoms in total. The number of aromatic nitrogens is 1. The third kappa shape index (κ3) is 3.59. The van der Waals surface area contributed by atoms with Crippen LogP contribution in [-0.4, -0.2) is 29.0 Å². The molecule has 1 aromatic heterocycles. The molecule has 2 atom stereocenters. The van der Waals surface area contributed by atoms with Crippen LogP contribution in [0.25, 0.3) is 16.5 Å². The Kier molecular flexibility index (Phi) is 4.79. The molecule has 1 amide bonds. The van der Waals surface area contributed by atoms with Crippen LogP contribution >= 0.6 is 0 Å². The third-order valence-electron chi connectivity index (χ3n) is 5.76. The molecule has 1 aliphatic heterocycles. The fourth-order valence-electron chi connectivity index (χ4n) is 4.05. The van der Waals surface area contributed by atoms with E-state index in [9.17, 15) is 4.79 Å². The van der Waals surface area contributed by atoms with Crippen LogP contribution in [0.2, 0.25) is 0 Å². The van der Waals surface area contributed by atoms with Crippen molar-refractivity contribution in [2.75, 3.05) is 0 Å². The summed E-state index contributed by atoms with van der Waals surface area (Å²) >= 11 is 0. The second-order valence-corrected chi connectivity index (χ2v) is 7.84. The summed E-state index contributed by atoms with van der Waals surface area (Å²) in [5, 5.41) is 4.20. The van der Waals surface area contributed by atoms with E-state index in [2.05, 4.69) is 33.5 Å². The van der Waals surface area contributed by atoms with Crippen molar-refractivity contribution in [3.05, 3.63) is 95.2 Å². The van der Waals surface area contributed by atoms with Crippen LogP contribution in [0, 0.1) is 6.92 Å². The highest BCUT2D eigenvalue weighted by Crippen LogP contribution is 2.29. The zero-order chi connectivity index (χ0) is 21.4. The topological polar surface area (TPSA) is 66.7 Å². The maximum absolute atomic E-state index is 12.9. The zero-order valence-corrected chi connectivity index (χ0v) is 17.4. The van der Waals surface area contributed by atoms with E-state index in [-0.39, 0.29) is 18.0 Å². The number of hydrogen-bond donors (Lipinski definition) is 1. The van der Waals surface area contributed by atoms with E-state index >= 15 is 0 Å². The minimum atomic E-state index is -0.187. The van der Waals surface area contributed by atoms with E-state index in [1.807, 2.05) is 68.5 Å². The highest BCUT2D eigenvalue weighted by molar-refractivity contribution is 6.11. The number of amides is 1. The fourth-order valence-corrected chi connectivity index (χ4v) is 4.05. The summed E-state index contributed by atoms with van der Waals surface area (Å²) < 4.78 is 0. The smallest absolute Gasteiger partial charge is 0.252 e. The molecule has 2 aliphatic rings. The van der Waals surface area contributed by atoms with Crippen molar-refractivity contribution in [3.8, 4) is 0 Å². The molecule has 31 heavy (non-hydrogen) atoms. The van der Waals surface area contributed by atoms with Gasteiger partial charge in [-0.2, -0.15) is 0 Å². The van der Waals surface area contributed by atoms with Crippen LogP contribution in [0.1, 0.15) is 40.1 Å². The number of fused-ring (bicyclic) bond motifs is 2. The van der Waals surface area contributed by atoms with Crippen molar-refractivity contribution >= 4 is 34.4 Å². The maximum Gasteiger partial charge on any atom is 0.252 e. The Morgan fingerprint density at radius 1 is 1.06 bits per heavy atom. The maximum atomic E-state index is 12.9. The van der Waals surface area contributed by atoms with Crippen molar-refractivity contribution in [1.82, 2.24) is 10.3 Å². The number of carbonyl (C=O) groups is 1. The summed E-state index contributed by atoms with van der Waals surface area (Å²) in [7, 11) is 0. The summed E-state index contributed by atoms with van der Waals surface area (Å²) in [6, 6.07) is 17.5. The first-order chi connectivity index (χ1) is 15.1. The molecule has 1 aliphatic carbocycles.